The molecule has 0 spiro atoms. The standard InChI is InChI=1S/C11H12ClNO2S2/c12-10-3-1-9(2-4-10)7-17(14,15)8-11-13-5-6-16-11/h1-4H,5-8H2. The second-order valence-electron chi connectivity index (χ2n) is 3.78. The average Bonchev–Trinajstić information content (AvgIpc) is 2.73. The zero-order valence-corrected chi connectivity index (χ0v) is 11.5. The van der Waals surface area contributed by atoms with Crippen LogP contribution in [0.2, 0.25) is 5.02 Å². The van der Waals surface area contributed by atoms with Crippen molar-refractivity contribution < 1.29 is 8.42 Å². The number of thioether (sulfide) groups is 1. The van der Waals surface area contributed by atoms with Gasteiger partial charge in [0.2, 0.25) is 0 Å². The fraction of sp³-hybridized carbons (Fsp3) is 0.364. The molecule has 0 saturated heterocycles. The van der Waals surface area contributed by atoms with Crippen molar-refractivity contribution in [3.05, 3.63) is 34.9 Å². The number of aliphatic imine (C=N–C) groups is 1. The molecule has 0 saturated carbocycles. The Kier molecular flexibility index (Phi) is 4.12. The molecule has 0 unspecified atom stereocenters. The summed E-state index contributed by atoms with van der Waals surface area (Å²) in [6.07, 6.45) is 0. The molecule has 2 rings (SSSR count). The minimum absolute atomic E-state index is 0.0454. The minimum Gasteiger partial charge on any atom is -0.281 e. The van der Waals surface area contributed by atoms with Crippen molar-refractivity contribution in [3.63, 3.8) is 0 Å². The fourth-order valence-corrected chi connectivity index (χ4v) is 4.41. The average molecular weight is 290 g/mol. The first-order valence-electron chi connectivity index (χ1n) is 5.16. The van der Waals surface area contributed by atoms with Crippen LogP contribution in [0.3, 0.4) is 0 Å². The summed E-state index contributed by atoms with van der Waals surface area (Å²) in [5.41, 5.74) is 0.762. The lowest BCUT2D eigenvalue weighted by atomic mass is 10.2. The summed E-state index contributed by atoms with van der Waals surface area (Å²) in [6.45, 7) is 0.733. The zero-order valence-electron chi connectivity index (χ0n) is 9.10. The van der Waals surface area contributed by atoms with E-state index < -0.39 is 9.84 Å². The van der Waals surface area contributed by atoms with Crippen LogP contribution < -0.4 is 0 Å². The molecule has 1 aliphatic rings. The van der Waals surface area contributed by atoms with Gasteiger partial charge >= 0.3 is 0 Å². The molecule has 3 nitrogen and oxygen atoms in total. The van der Waals surface area contributed by atoms with Crippen molar-refractivity contribution in [2.75, 3.05) is 18.1 Å². The Morgan fingerprint density at radius 1 is 1.24 bits per heavy atom. The van der Waals surface area contributed by atoms with Crippen LogP contribution >= 0.6 is 23.4 Å². The molecule has 17 heavy (non-hydrogen) atoms. The molecule has 1 aliphatic heterocycles. The maximum atomic E-state index is 11.9. The Bertz CT molecular complexity index is 523. The maximum Gasteiger partial charge on any atom is 0.160 e. The molecule has 1 aromatic carbocycles. The topological polar surface area (TPSA) is 46.5 Å². The summed E-state index contributed by atoms with van der Waals surface area (Å²) in [7, 11) is -3.13. The lowest BCUT2D eigenvalue weighted by molar-refractivity contribution is 0.599. The van der Waals surface area contributed by atoms with Crippen LogP contribution in [0.1, 0.15) is 5.56 Å². The Morgan fingerprint density at radius 2 is 1.94 bits per heavy atom. The van der Waals surface area contributed by atoms with Gasteiger partial charge in [-0.1, -0.05) is 23.7 Å². The number of rotatable bonds is 4. The van der Waals surface area contributed by atoms with E-state index in [4.69, 9.17) is 11.6 Å². The minimum atomic E-state index is -3.13. The molecular weight excluding hydrogens is 278 g/mol. The molecule has 0 atom stereocenters. The van der Waals surface area contributed by atoms with Gasteiger partial charge in [0.05, 0.1) is 16.5 Å². The lowest BCUT2D eigenvalue weighted by Gasteiger charge is -2.04. The van der Waals surface area contributed by atoms with Crippen LogP contribution in [0.5, 0.6) is 0 Å². The summed E-state index contributed by atoms with van der Waals surface area (Å²) >= 11 is 7.28. The third-order valence-corrected chi connectivity index (χ3v) is 5.21. The van der Waals surface area contributed by atoms with Crippen LogP contribution in [0, 0.1) is 0 Å². The van der Waals surface area contributed by atoms with E-state index in [0.29, 0.717) is 5.02 Å². The smallest absolute Gasteiger partial charge is 0.160 e. The maximum absolute atomic E-state index is 11.9. The molecule has 0 amide bonds. The zero-order chi connectivity index (χ0) is 12.3. The largest absolute Gasteiger partial charge is 0.281 e. The van der Waals surface area contributed by atoms with Crippen molar-refractivity contribution in [2.45, 2.75) is 5.75 Å². The van der Waals surface area contributed by atoms with Crippen LogP contribution in [0.15, 0.2) is 29.3 Å². The number of nitrogens with zero attached hydrogens (tertiary/aromatic N) is 1. The summed E-state index contributed by atoms with van der Waals surface area (Å²) < 4.78 is 23.8. The van der Waals surface area contributed by atoms with Gasteiger partial charge in [-0.25, -0.2) is 8.42 Å². The second kappa shape index (κ2) is 5.42. The van der Waals surface area contributed by atoms with Gasteiger partial charge in [-0.3, -0.25) is 4.99 Å². The van der Waals surface area contributed by atoms with Gasteiger partial charge in [0.15, 0.2) is 9.84 Å². The summed E-state index contributed by atoms with van der Waals surface area (Å²) in [5, 5.41) is 1.35. The van der Waals surface area contributed by atoms with Gasteiger partial charge in [-0.05, 0) is 17.7 Å². The van der Waals surface area contributed by atoms with Crippen LogP contribution in [0.25, 0.3) is 0 Å². The monoisotopic (exact) mass is 289 g/mol. The van der Waals surface area contributed by atoms with Crippen molar-refractivity contribution in [1.82, 2.24) is 0 Å². The third-order valence-electron chi connectivity index (χ3n) is 2.29. The first-order valence-corrected chi connectivity index (χ1v) is 8.35. The lowest BCUT2D eigenvalue weighted by Crippen LogP contribution is -2.14. The molecule has 0 fully saturated rings. The first-order chi connectivity index (χ1) is 8.05. The van der Waals surface area contributed by atoms with Crippen LogP contribution in [-0.2, 0) is 15.6 Å². The first kappa shape index (κ1) is 12.9. The summed E-state index contributed by atoms with van der Waals surface area (Å²) in [6, 6.07) is 6.88. The second-order valence-corrected chi connectivity index (χ2v) is 7.45. The highest BCUT2D eigenvalue weighted by atomic mass is 35.5. The highest BCUT2D eigenvalue weighted by molar-refractivity contribution is 8.15. The Balaban J connectivity index is 2.04. The van der Waals surface area contributed by atoms with Crippen molar-refractivity contribution in [3.8, 4) is 0 Å². The van der Waals surface area contributed by atoms with Gasteiger partial charge in [0.1, 0.15) is 0 Å². The molecule has 0 radical (unpaired) electrons. The molecule has 0 bridgehead atoms. The van der Waals surface area contributed by atoms with Crippen LogP contribution in [0.4, 0.5) is 0 Å². The Morgan fingerprint density at radius 3 is 2.53 bits per heavy atom. The van der Waals surface area contributed by atoms with Crippen LogP contribution in [-0.4, -0.2) is 31.5 Å². The molecule has 1 heterocycles. The van der Waals surface area contributed by atoms with Gasteiger partial charge in [-0.2, -0.15) is 0 Å². The van der Waals surface area contributed by atoms with E-state index in [1.54, 1.807) is 24.3 Å². The number of hydrogen-bond acceptors (Lipinski definition) is 4. The normalized spacial score (nSPS) is 15.9. The highest BCUT2D eigenvalue weighted by Gasteiger charge is 2.18. The molecule has 6 heteroatoms. The fourth-order valence-electron chi connectivity index (χ4n) is 1.54. The number of hydrogen-bond donors (Lipinski definition) is 0. The van der Waals surface area contributed by atoms with E-state index in [1.807, 2.05) is 0 Å². The summed E-state index contributed by atoms with van der Waals surface area (Å²) in [4.78, 5) is 4.16. The van der Waals surface area contributed by atoms with Gasteiger partial charge in [0.25, 0.3) is 0 Å². The van der Waals surface area contributed by atoms with E-state index in [1.165, 1.54) is 11.8 Å². The van der Waals surface area contributed by atoms with Crippen molar-refractivity contribution >= 4 is 38.2 Å². The predicted molar refractivity (Wildman–Crippen MR) is 73.7 cm³/mol. The third kappa shape index (κ3) is 4.01. The number of sulfone groups is 1. The van der Waals surface area contributed by atoms with E-state index in [0.717, 1.165) is 22.9 Å². The molecule has 1 aromatic rings. The molecule has 0 aliphatic carbocycles. The number of benzene rings is 1. The Labute approximate surface area is 110 Å². The van der Waals surface area contributed by atoms with Crippen molar-refractivity contribution in [2.24, 2.45) is 4.99 Å². The molecule has 92 valence electrons. The number of halogens is 1. The van der Waals surface area contributed by atoms with Crippen molar-refractivity contribution in [1.29, 1.82) is 0 Å². The SMILES string of the molecule is O=S(=O)(CC1=NCCS1)Cc1ccc(Cl)cc1. The van der Waals surface area contributed by atoms with E-state index in [-0.39, 0.29) is 11.5 Å². The summed E-state index contributed by atoms with van der Waals surface area (Å²) in [5.74, 6) is 0.996. The predicted octanol–water partition coefficient (Wildman–Crippen LogP) is 2.40. The van der Waals surface area contributed by atoms with Gasteiger partial charge < -0.3 is 0 Å². The van der Waals surface area contributed by atoms with E-state index in [2.05, 4.69) is 4.99 Å². The molecule has 0 N–H and O–H groups in total. The highest BCUT2D eigenvalue weighted by Crippen LogP contribution is 2.17. The molecule has 0 aromatic heterocycles. The Hall–Kier alpha value is -0.520. The quantitative estimate of drug-likeness (QED) is 0.855. The molecular formula is C11H12ClNO2S2. The van der Waals surface area contributed by atoms with E-state index >= 15 is 0 Å². The van der Waals surface area contributed by atoms with Gasteiger partial charge in [0, 0.05) is 17.3 Å². The van der Waals surface area contributed by atoms with E-state index in [9.17, 15) is 8.42 Å². The van der Waals surface area contributed by atoms with Gasteiger partial charge in [-0.15, -0.1) is 11.8 Å².